The summed E-state index contributed by atoms with van der Waals surface area (Å²) >= 11 is 7.17. The van der Waals surface area contributed by atoms with Crippen molar-refractivity contribution in [3.8, 4) is 5.75 Å². The number of piperidine rings is 1. The second-order valence-corrected chi connectivity index (χ2v) is 7.32. The molecule has 0 spiro atoms. The summed E-state index contributed by atoms with van der Waals surface area (Å²) in [5.41, 5.74) is 1.21. The maximum Gasteiger partial charge on any atom is 0.138 e. The molecule has 1 aliphatic rings. The average molecular weight is 420 g/mol. The Balaban J connectivity index is 1.93. The minimum Gasteiger partial charge on any atom is -0.492 e. The van der Waals surface area contributed by atoms with Crippen LogP contribution in [0.1, 0.15) is 31.7 Å². The second kappa shape index (κ2) is 9.13. The SMILES string of the molecule is CCCOc1c(Br)cc(Br)cc1CNCC1CCNCC1. The van der Waals surface area contributed by atoms with Crippen molar-refractivity contribution in [2.75, 3.05) is 26.2 Å². The third-order valence-electron chi connectivity index (χ3n) is 3.74. The van der Waals surface area contributed by atoms with Gasteiger partial charge < -0.3 is 15.4 Å². The number of hydrogen-bond acceptors (Lipinski definition) is 3. The standard InChI is InChI=1S/C16H24Br2N2O/c1-2-7-21-16-13(8-14(17)9-15(16)18)11-20-10-12-3-5-19-6-4-12/h8-9,12,19-20H,2-7,10-11H2,1H3. The molecule has 1 aromatic rings. The van der Waals surface area contributed by atoms with E-state index < -0.39 is 0 Å². The van der Waals surface area contributed by atoms with Gasteiger partial charge in [-0.05, 0) is 72.9 Å². The number of ether oxygens (including phenoxy) is 1. The molecular formula is C16H24Br2N2O. The van der Waals surface area contributed by atoms with Crippen molar-refractivity contribution in [2.24, 2.45) is 5.92 Å². The van der Waals surface area contributed by atoms with E-state index in [-0.39, 0.29) is 0 Å². The number of rotatable bonds is 7. The van der Waals surface area contributed by atoms with Crippen LogP contribution in [0.3, 0.4) is 0 Å². The molecule has 1 aliphatic heterocycles. The highest BCUT2D eigenvalue weighted by Crippen LogP contribution is 2.33. The minimum atomic E-state index is 0.752. The summed E-state index contributed by atoms with van der Waals surface area (Å²) in [7, 11) is 0. The fourth-order valence-corrected chi connectivity index (χ4v) is 4.04. The Hall–Kier alpha value is -0.100. The normalized spacial score (nSPS) is 16.1. The molecule has 0 aromatic heterocycles. The van der Waals surface area contributed by atoms with Crippen molar-refractivity contribution in [2.45, 2.75) is 32.7 Å². The fourth-order valence-electron chi connectivity index (χ4n) is 2.61. The monoisotopic (exact) mass is 418 g/mol. The Morgan fingerprint density at radius 1 is 1.29 bits per heavy atom. The van der Waals surface area contributed by atoms with Gasteiger partial charge in [-0.3, -0.25) is 0 Å². The van der Waals surface area contributed by atoms with Crippen LogP contribution in [0.25, 0.3) is 0 Å². The molecule has 0 saturated carbocycles. The van der Waals surface area contributed by atoms with E-state index >= 15 is 0 Å². The zero-order valence-corrected chi connectivity index (χ0v) is 15.7. The first-order valence-corrected chi connectivity index (χ1v) is 9.31. The zero-order valence-electron chi connectivity index (χ0n) is 12.6. The van der Waals surface area contributed by atoms with Gasteiger partial charge >= 0.3 is 0 Å². The van der Waals surface area contributed by atoms with E-state index in [1.54, 1.807) is 0 Å². The fraction of sp³-hybridized carbons (Fsp3) is 0.625. The molecule has 1 heterocycles. The molecule has 3 nitrogen and oxygen atoms in total. The van der Waals surface area contributed by atoms with Crippen LogP contribution in [-0.4, -0.2) is 26.2 Å². The molecule has 0 atom stereocenters. The van der Waals surface area contributed by atoms with Crippen molar-refractivity contribution in [1.82, 2.24) is 10.6 Å². The van der Waals surface area contributed by atoms with Gasteiger partial charge in [0.05, 0.1) is 11.1 Å². The van der Waals surface area contributed by atoms with Gasteiger partial charge in [0, 0.05) is 16.6 Å². The summed E-state index contributed by atoms with van der Waals surface area (Å²) in [6, 6.07) is 4.19. The Bertz CT molecular complexity index is 448. The second-order valence-electron chi connectivity index (χ2n) is 5.55. The molecule has 1 fully saturated rings. The zero-order chi connectivity index (χ0) is 15.1. The molecule has 5 heteroatoms. The smallest absolute Gasteiger partial charge is 0.138 e. The minimum absolute atomic E-state index is 0.752. The van der Waals surface area contributed by atoms with E-state index in [2.05, 4.69) is 55.5 Å². The molecule has 0 aliphatic carbocycles. The molecule has 1 saturated heterocycles. The number of nitrogens with one attached hydrogen (secondary N) is 2. The van der Waals surface area contributed by atoms with Gasteiger partial charge in [0.25, 0.3) is 0 Å². The van der Waals surface area contributed by atoms with Gasteiger partial charge in [-0.2, -0.15) is 0 Å². The lowest BCUT2D eigenvalue weighted by molar-refractivity contribution is 0.309. The van der Waals surface area contributed by atoms with Crippen molar-refractivity contribution < 1.29 is 4.74 Å². The maximum absolute atomic E-state index is 5.90. The highest BCUT2D eigenvalue weighted by molar-refractivity contribution is 9.11. The van der Waals surface area contributed by atoms with Gasteiger partial charge in [0.2, 0.25) is 0 Å². The molecule has 0 amide bonds. The molecule has 0 unspecified atom stereocenters. The van der Waals surface area contributed by atoms with Gasteiger partial charge in [0.1, 0.15) is 5.75 Å². The Morgan fingerprint density at radius 3 is 2.76 bits per heavy atom. The van der Waals surface area contributed by atoms with Crippen LogP contribution in [-0.2, 0) is 6.54 Å². The number of hydrogen-bond donors (Lipinski definition) is 2. The Morgan fingerprint density at radius 2 is 2.05 bits per heavy atom. The lowest BCUT2D eigenvalue weighted by Gasteiger charge is -2.23. The first-order chi connectivity index (χ1) is 10.2. The largest absolute Gasteiger partial charge is 0.492 e. The molecule has 2 N–H and O–H groups in total. The van der Waals surface area contributed by atoms with Crippen molar-refractivity contribution in [3.63, 3.8) is 0 Å². The van der Waals surface area contributed by atoms with Gasteiger partial charge in [-0.25, -0.2) is 0 Å². The van der Waals surface area contributed by atoms with E-state index in [9.17, 15) is 0 Å². The van der Waals surface area contributed by atoms with Crippen molar-refractivity contribution >= 4 is 31.9 Å². The quantitative estimate of drug-likeness (QED) is 0.698. The van der Waals surface area contributed by atoms with Crippen LogP contribution in [0.2, 0.25) is 0 Å². The highest BCUT2D eigenvalue weighted by atomic mass is 79.9. The van der Waals surface area contributed by atoms with E-state index in [4.69, 9.17) is 4.74 Å². The molecule has 21 heavy (non-hydrogen) atoms. The van der Waals surface area contributed by atoms with E-state index in [1.165, 1.54) is 18.4 Å². The Kier molecular flexibility index (Phi) is 7.50. The highest BCUT2D eigenvalue weighted by Gasteiger charge is 2.14. The summed E-state index contributed by atoms with van der Waals surface area (Å²) in [5, 5.41) is 7.00. The molecule has 2 rings (SSSR count). The summed E-state index contributed by atoms with van der Waals surface area (Å²) < 4.78 is 7.99. The van der Waals surface area contributed by atoms with E-state index in [1.807, 2.05) is 6.07 Å². The molecule has 0 radical (unpaired) electrons. The maximum atomic E-state index is 5.90. The molecular weight excluding hydrogens is 396 g/mol. The predicted octanol–water partition coefficient (Wildman–Crippen LogP) is 4.09. The van der Waals surface area contributed by atoms with Gasteiger partial charge in [0.15, 0.2) is 0 Å². The van der Waals surface area contributed by atoms with Gasteiger partial charge in [-0.1, -0.05) is 22.9 Å². The Labute approximate surface area is 144 Å². The number of benzene rings is 1. The van der Waals surface area contributed by atoms with Crippen LogP contribution in [0.4, 0.5) is 0 Å². The first kappa shape index (κ1) is 17.3. The summed E-state index contributed by atoms with van der Waals surface area (Å²) in [4.78, 5) is 0. The number of halogens is 2. The molecule has 0 bridgehead atoms. The van der Waals surface area contributed by atoms with Gasteiger partial charge in [-0.15, -0.1) is 0 Å². The summed E-state index contributed by atoms with van der Waals surface area (Å²) in [6.45, 7) is 7.11. The van der Waals surface area contributed by atoms with Crippen LogP contribution >= 0.6 is 31.9 Å². The topological polar surface area (TPSA) is 33.3 Å². The molecule has 118 valence electrons. The average Bonchev–Trinajstić information content (AvgIpc) is 2.47. The third-order valence-corrected chi connectivity index (χ3v) is 4.79. The van der Waals surface area contributed by atoms with Crippen LogP contribution in [0.15, 0.2) is 21.1 Å². The molecule has 1 aromatic carbocycles. The predicted molar refractivity (Wildman–Crippen MR) is 94.9 cm³/mol. The van der Waals surface area contributed by atoms with Crippen LogP contribution in [0, 0.1) is 5.92 Å². The van der Waals surface area contributed by atoms with Crippen molar-refractivity contribution in [1.29, 1.82) is 0 Å². The summed E-state index contributed by atoms with van der Waals surface area (Å²) in [5.74, 6) is 1.76. The summed E-state index contributed by atoms with van der Waals surface area (Å²) in [6.07, 6.45) is 3.56. The lowest BCUT2D eigenvalue weighted by atomic mass is 9.98. The first-order valence-electron chi connectivity index (χ1n) is 7.73. The van der Waals surface area contributed by atoms with Crippen molar-refractivity contribution in [3.05, 3.63) is 26.6 Å². The lowest BCUT2D eigenvalue weighted by Crippen LogP contribution is -2.33. The van der Waals surface area contributed by atoms with E-state index in [0.29, 0.717) is 0 Å². The van der Waals surface area contributed by atoms with E-state index in [0.717, 1.165) is 59.8 Å². The van der Waals surface area contributed by atoms with Crippen LogP contribution < -0.4 is 15.4 Å². The third kappa shape index (κ3) is 5.55. The van der Waals surface area contributed by atoms with Crippen LogP contribution in [0.5, 0.6) is 5.75 Å².